The van der Waals surface area contributed by atoms with Gasteiger partial charge in [-0.1, -0.05) is 20.8 Å². The maximum absolute atomic E-state index is 2.49. The predicted molar refractivity (Wildman–Crippen MR) is 58.6 cm³/mol. The summed E-state index contributed by atoms with van der Waals surface area (Å²) < 4.78 is 0. The molecular weight excluding hydrogens is 195 g/mol. The molecule has 0 spiro atoms. The van der Waals surface area contributed by atoms with Crippen molar-refractivity contribution in [1.29, 1.82) is 0 Å². The van der Waals surface area contributed by atoms with Crippen molar-refractivity contribution in [3.63, 3.8) is 0 Å². The fraction of sp³-hybridized carbons (Fsp3) is 1.00. The average molecular weight is 220 g/mol. The Morgan fingerprint density at radius 3 is 1.45 bits per heavy atom. The first-order valence-corrected chi connectivity index (χ1v) is 4.33. The van der Waals surface area contributed by atoms with E-state index in [0.717, 1.165) is 13.1 Å². The van der Waals surface area contributed by atoms with Gasteiger partial charge in [0, 0.05) is 5.54 Å². The van der Waals surface area contributed by atoms with Crippen molar-refractivity contribution in [3.8, 4) is 0 Å². The minimum absolute atomic E-state index is 0. The first-order valence-electron chi connectivity index (χ1n) is 4.33. The first kappa shape index (κ1) is 14.1. The normalized spacial score (nSPS) is 11.5. The van der Waals surface area contributed by atoms with E-state index in [4.69, 9.17) is 0 Å². The molecule has 0 aromatic carbocycles. The van der Waals surface area contributed by atoms with Crippen molar-refractivity contribution in [2.24, 2.45) is 0 Å². The van der Waals surface area contributed by atoms with Gasteiger partial charge in [-0.05, 0) is 33.4 Å². The number of nitrogens with zero attached hydrogens (tertiary/aromatic N) is 1. The Balaban J connectivity index is 0. The Labute approximate surface area is 82.5 Å². The SMILES string of the molecule is CCN(CC)C(C)(C)CC.[GeH4]. The monoisotopic (exact) mass is 221 g/mol. The van der Waals surface area contributed by atoms with Gasteiger partial charge < -0.3 is 0 Å². The Bertz CT molecular complexity index is 87.6. The molecule has 0 amide bonds. The molecule has 0 atom stereocenters. The summed E-state index contributed by atoms with van der Waals surface area (Å²) in [6, 6.07) is 0. The molecule has 0 aliphatic heterocycles. The third-order valence-corrected chi connectivity index (χ3v) is 2.48. The third kappa shape index (κ3) is 4.16. The second-order valence-corrected chi connectivity index (χ2v) is 3.34. The van der Waals surface area contributed by atoms with Crippen molar-refractivity contribution < 1.29 is 0 Å². The van der Waals surface area contributed by atoms with Crippen LogP contribution in [0.4, 0.5) is 0 Å². The van der Waals surface area contributed by atoms with Crippen LogP contribution in [-0.4, -0.2) is 41.1 Å². The average Bonchev–Trinajstić information content (AvgIpc) is 1.90. The molecule has 1 nitrogen and oxygen atoms in total. The van der Waals surface area contributed by atoms with Gasteiger partial charge in [0.2, 0.25) is 0 Å². The molecule has 0 N–H and O–H groups in total. The van der Waals surface area contributed by atoms with E-state index < -0.39 is 0 Å². The zero-order chi connectivity index (χ0) is 8.20. The molecule has 0 aliphatic carbocycles. The van der Waals surface area contributed by atoms with Crippen LogP contribution in [0.25, 0.3) is 0 Å². The van der Waals surface area contributed by atoms with E-state index in [-0.39, 0.29) is 17.6 Å². The van der Waals surface area contributed by atoms with Crippen LogP contribution in [0.15, 0.2) is 0 Å². The van der Waals surface area contributed by atoms with Gasteiger partial charge >= 0.3 is 17.6 Å². The molecule has 0 aliphatic rings. The van der Waals surface area contributed by atoms with E-state index in [9.17, 15) is 0 Å². The fourth-order valence-electron chi connectivity index (χ4n) is 1.30. The predicted octanol–water partition coefficient (Wildman–Crippen LogP) is 1.07. The van der Waals surface area contributed by atoms with E-state index in [0.29, 0.717) is 5.54 Å². The second kappa shape index (κ2) is 6.07. The molecule has 0 aromatic rings. The van der Waals surface area contributed by atoms with Crippen molar-refractivity contribution in [3.05, 3.63) is 0 Å². The van der Waals surface area contributed by atoms with Crippen LogP contribution in [0.2, 0.25) is 0 Å². The van der Waals surface area contributed by atoms with Gasteiger partial charge in [0.15, 0.2) is 0 Å². The van der Waals surface area contributed by atoms with E-state index in [1.807, 2.05) is 0 Å². The molecule has 0 aromatic heterocycles. The van der Waals surface area contributed by atoms with Crippen LogP contribution >= 0.6 is 0 Å². The Hall–Kier alpha value is 0.503. The summed E-state index contributed by atoms with van der Waals surface area (Å²) in [5, 5.41) is 0. The van der Waals surface area contributed by atoms with Gasteiger partial charge in [0.05, 0.1) is 0 Å². The maximum atomic E-state index is 2.49. The van der Waals surface area contributed by atoms with Gasteiger partial charge in [-0.2, -0.15) is 0 Å². The molecule has 0 radical (unpaired) electrons. The Kier molecular flexibility index (Phi) is 7.75. The molecule has 2 heteroatoms. The van der Waals surface area contributed by atoms with Crippen LogP contribution < -0.4 is 0 Å². The number of hydrogen-bond acceptors (Lipinski definition) is 1. The van der Waals surface area contributed by atoms with E-state index in [1.165, 1.54) is 6.42 Å². The van der Waals surface area contributed by atoms with Gasteiger partial charge in [-0.15, -0.1) is 0 Å². The van der Waals surface area contributed by atoms with E-state index in [1.54, 1.807) is 0 Å². The molecule has 11 heavy (non-hydrogen) atoms. The molecule has 0 unspecified atom stereocenters. The van der Waals surface area contributed by atoms with E-state index in [2.05, 4.69) is 39.5 Å². The first-order chi connectivity index (χ1) is 4.58. The third-order valence-electron chi connectivity index (χ3n) is 2.48. The molecule has 0 heterocycles. The fourth-order valence-corrected chi connectivity index (χ4v) is 1.30. The Morgan fingerprint density at radius 2 is 1.36 bits per heavy atom. The van der Waals surface area contributed by atoms with Crippen LogP contribution in [0, 0.1) is 0 Å². The molecule has 0 rings (SSSR count). The van der Waals surface area contributed by atoms with Crippen molar-refractivity contribution in [2.45, 2.75) is 46.6 Å². The molecular formula is C9H25GeN. The number of rotatable bonds is 4. The van der Waals surface area contributed by atoms with E-state index >= 15 is 0 Å². The zero-order valence-corrected chi connectivity index (χ0v) is 8.07. The summed E-state index contributed by atoms with van der Waals surface area (Å²) in [5.41, 5.74) is 0.392. The van der Waals surface area contributed by atoms with Crippen LogP contribution in [0.1, 0.15) is 41.0 Å². The summed E-state index contributed by atoms with van der Waals surface area (Å²) in [7, 11) is 0. The second-order valence-electron chi connectivity index (χ2n) is 3.34. The van der Waals surface area contributed by atoms with Gasteiger partial charge in [0.25, 0.3) is 0 Å². The number of hydrogen-bond donors (Lipinski definition) is 0. The summed E-state index contributed by atoms with van der Waals surface area (Å²) >= 11 is 0. The molecule has 0 saturated carbocycles. The van der Waals surface area contributed by atoms with Crippen LogP contribution in [0.5, 0.6) is 0 Å². The van der Waals surface area contributed by atoms with Crippen LogP contribution in [-0.2, 0) is 0 Å². The quantitative estimate of drug-likeness (QED) is 0.640. The summed E-state index contributed by atoms with van der Waals surface area (Å²) in [5.74, 6) is 0. The standard InChI is InChI=1S/C9H21N.GeH4/c1-6-9(4,5)10(7-2)8-3;/h6-8H2,1-5H3;1H4. The van der Waals surface area contributed by atoms with Gasteiger partial charge in [-0.3, -0.25) is 4.90 Å². The summed E-state index contributed by atoms with van der Waals surface area (Å²) in [4.78, 5) is 2.49. The van der Waals surface area contributed by atoms with Gasteiger partial charge in [-0.25, -0.2) is 0 Å². The molecule has 0 saturated heterocycles. The van der Waals surface area contributed by atoms with Gasteiger partial charge in [0.1, 0.15) is 0 Å². The van der Waals surface area contributed by atoms with Crippen molar-refractivity contribution in [2.75, 3.05) is 13.1 Å². The van der Waals surface area contributed by atoms with Crippen molar-refractivity contribution >= 4 is 17.6 Å². The molecule has 0 fully saturated rings. The zero-order valence-electron chi connectivity index (χ0n) is 8.07. The summed E-state index contributed by atoms with van der Waals surface area (Å²) in [6.45, 7) is 13.6. The van der Waals surface area contributed by atoms with Crippen LogP contribution in [0.3, 0.4) is 0 Å². The Morgan fingerprint density at radius 1 is 1.00 bits per heavy atom. The topological polar surface area (TPSA) is 3.24 Å². The summed E-state index contributed by atoms with van der Waals surface area (Å²) in [6.07, 6.45) is 1.23. The molecule has 70 valence electrons. The van der Waals surface area contributed by atoms with Crippen molar-refractivity contribution in [1.82, 2.24) is 4.90 Å². The molecule has 0 bridgehead atoms. The minimum atomic E-state index is 0.